The minimum Gasteiger partial charge on any atom is -0.495 e. The van der Waals surface area contributed by atoms with Gasteiger partial charge in [0.05, 0.1) is 12.8 Å². The molecule has 20 heavy (non-hydrogen) atoms. The Bertz CT molecular complexity index is 588. The van der Waals surface area contributed by atoms with E-state index in [1.54, 1.807) is 37.4 Å². The van der Waals surface area contributed by atoms with Crippen molar-refractivity contribution in [2.75, 3.05) is 12.4 Å². The fourth-order valence-corrected chi connectivity index (χ4v) is 2.28. The van der Waals surface area contributed by atoms with Gasteiger partial charge in [-0.05, 0) is 43.2 Å². The van der Waals surface area contributed by atoms with Gasteiger partial charge in [-0.15, -0.1) is 0 Å². The lowest BCUT2D eigenvalue weighted by atomic mass is 10.1. The third kappa shape index (κ3) is 3.64. The van der Waals surface area contributed by atoms with E-state index in [9.17, 15) is 4.39 Å². The molecule has 0 radical (unpaired) electrons. The Kier molecular flexibility index (Phi) is 4.85. The monoisotopic (exact) mass is 293 g/mol. The van der Waals surface area contributed by atoms with E-state index in [1.165, 1.54) is 6.07 Å². The summed E-state index contributed by atoms with van der Waals surface area (Å²) >= 11 is 5.99. The van der Waals surface area contributed by atoms with Crippen LogP contribution in [0.2, 0.25) is 5.02 Å². The second kappa shape index (κ2) is 6.62. The summed E-state index contributed by atoms with van der Waals surface area (Å²) in [6.45, 7) is 1.99. The molecule has 106 valence electrons. The smallest absolute Gasteiger partial charge is 0.142 e. The molecule has 0 heterocycles. The first kappa shape index (κ1) is 14.7. The summed E-state index contributed by atoms with van der Waals surface area (Å²) in [5.74, 6) is 0.536. The maximum atomic E-state index is 13.6. The molecule has 2 nitrogen and oxygen atoms in total. The lowest BCUT2D eigenvalue weighted by molar-refractivity contribution is 0.416. The molecule has 0 fully saturated rings. The molecular formula is C16H17ClFNO. The average molecular weight is 294 g/mol. The van der Waals surface area contributed by atoms with E-state index < -0.39 is 0 Å². The fraction of sp³-hybridized carbons (Fsp3) is 0.250. The van der Waals surface area contributed by atoms with Gasteiger partial charge in [0, 0.05) is 11.1 Å². The number of anilines is 1. The molecule has 1 unspecified atom stereocenters. The first-order chi connectivity index (χ1) is 9.60. The molecular weight excluding hydrogens is 277 g/mol. The normalized spacial score (nSPS) is 12.0. The van der Waals surface area contributed by atoms with Gasteiger partial charge in [0.1, 0.15) is 11.6 Å². The van der Waals surface area contributed by atoms with Gasteiger partial charge in [0.15, 0.2) is 0 Å². The Hall–Kier alpha value is -1.74. The van der Waals surface area contributed by atoms with Crippen molar-refractivity contribution in [1.29, 1.82) is 0 Å². The molecule has 0 saturated carbocycles. The third-order valence-electron chi connectivity index (χ3n) is 3.05. The molecule has 1 N–H and O–H groups in total. The molecule has 2 aromatic rings. The Morgan fingerprint density at radius 2 is 2.00 bits per heavy atom. The zero-order valence-electron chi connectivity index (χ0n) is 11.5. The van der Waals surface area contributed by atoms with Gasteiger partial charge in [-0.25, -0.2) is 4.39 Å². The van der Waals surface area contributed by atoms with Crippen LogP contribution in [0.1, 0.15) is 12.5 Å². The second-order valence-electron chi connectivity index (χ2n) is 4.69. The highest BCUT2D eigenvalue weighted by Gasteiger charge is 2.10. The number of hydrogen-bond acceptors (Lipinski definition) is 2. The maximum absolute atomic E-state index is 13.6. The van der Waals surface area contributed by atoms with Crippen molar-refractivity contribution >= 4 is 17.3 Å². The number of rotatable bonds is 5. The van der Waals surface area contributed by atoms with E-state index >= 15 is 0 Å². The van der Waals surface area contributed by atoms with Crippen LogP contribution in [0.15, 0.2) is 42.5 Å². The van der Waals surface area contributed by atoms with Gasteiger partial charge in [0.2, 0.25) is 0 Å². The SMILES string of the molecule is COc1ccc(Cl)cc1NC(C)Cc1ccccc1F. The minimum atomic E-state index is -0.181. The number of hydrogen-bond donors (Lipinski definition) is 1. The highest BCUT2D eigenvalue weighted by atomic mass is 35.5. The predicted molar refractivity (Wildman–Crippen MR) is 81.2 cm³/mol. The summed E-state index contributed by atoms with van der Waals surface area (Å²) in [5.41, 5.74) is 1.50. The van der Waals surface area contributed by atoms with Crippen LogP contribution in [0.5, 0.6) is 5.75 Å². The van der Waals surface area contributed by atoms with Crippen LogP contribution in [-0.2, 0) is 6.42 Å². The van der Waals surface area contributed by atoms with Gasteiger partial charge >= 0.3 is 0 Å². The molecule has 0 amide bonds. The summed E-state index contributed by atoms with van der Waals surface area (Å²) in [7, 11) is 1.61. The lowest BCUT2D eigenvalue weighted by Gasteiger charge is -2.18. The van der Waals surface area contributed by atoms with Gasteiger partial charge < -0.3 is 10.1 Å². The third-order valence-corrected chi connectivity index (χ3v) is 3.28. The van der Waals surface area contributed by atoms with Gasteiger partial charge in [-0.2, -0.15) is 0 Å². The van der Waals surface area contributed by atoms with Crippen LogP contribution >= 0.6 is 11.6 Å². The van der Waals surface area contributed by atoms with Crippen LogP contribution in [0.3, 0.4) is 0 Å². The number of ether oxygens (including phenoxy) is 1. The van der Waals surface area contributed by atoms with E-state index in [2.05, 4.69) is 5.32 Å². The molecule has 0 bridgehead atoms. The fourth-order valence-electron chi connectivity index (χ4n) is 2.10. The Balaban J connectivity index is 2.10. The lowest BCUT2D eigenvalue weighted by Crippen LogP contribution is -2.19. The van der Waals surface area contributed by atoms with E-state index in [0.717, 1.165) is 11.4 Å². The van der Waals surface area contributed by atoms with Crippen LogP contribution in [0.25, 0.3) is 0 Å². The largest absolute Gasteiger partial charge is 0.495 e. The summed E-state index contributed by atoms with van der Waals surface area (Å²) < 4.78 is 18.9. The summed E-state index contributed by atoms with van der Waals surface area (Å²) in [5, 5.41) is 3.93. The summed E-state index contributed by atoms with van der Waals surface area (Å²) in [4.78, 5) is 0. The summed E-state index contributed by atoms with van der Waals surface area (Å²) in [6, 6.07) is 12.2. The van der Waals surface area contributed by atoms with Crippen molar-refractivity contribution in [3.8, 4) is 5.75 Å². The molecule has 0 spiro atoms. The molecule has 1 atom stereocenters. The Morgan fingerprint density at radius 1 is 1.25 bits per heavy atom. The Labute approximate surface area is 123 Å². The van der Waals surface area contributed by atoms with Gasteiger partial charge in [-0.1, -0.05) is 29.8 Å². The number of nitrogens with one attached hydrogen (secondary N) is 1. The summed E-state index contributed by atoms with van der Waals surface area (Å²) in [6.07, 6.45) is 0.586. The van der Waals surface area contributed by atoms with E-state index in [0.29, 0.717) is 17.0 Å². The number of methoxy groups -OCH3 is 1. The molecule has 0 saturated heterocycles. The van der Waals surface area contributed by atoms with Gasteiger partial charge in [-0.3, -0.25) is 0 Å². The molecule has 0 aliphatic carbocycles. The standard InChI is InChI=1S/C16H17ClFNO/c1-11(9-12-5-3-4-6-14(12)18)19-15-10-13(17)7-8-16(15)20-2/h3-8,10-11,19H,9H2,1-2H3. The predicted octanol–water partition coefficient (Wildman–Crippen LogP) is 4.53. The van der Waals surface area contributed by atoms with E-state index in [1.807, 2.05) is 13.0 Å². The first-order valence-corrected chi connectivity index (χ1v) is 6.81. The van der Waals surface area contributed by atoms with Crippen molar-refractivity contribution in [1.82, 2.24) is 0 Å². The maximum Gasteiger partial charge on any atom is 0.142 e. The Morgan fingerprint density at radius 3 is 2.70 bits per heavy atom. The second-order valence-corrected chi connectivity index (χ2v) is 5.12. The van der Waals surface area contributed by atoms with Crippen LogP contribution in [0, 0.1) is 5.82 Å². The van der Waals surface area contributed by atoms with Crippen molar-refractivity contribution < 1.29 is 9.13 Å². The first-order valence-electron chi connectivity index (χ1n) is 6.43. The minimum absolute atomic E-state index is 0.0549. The van der Waals surface area contributed by atoms with Crippen molar-refractivity contribution in [2.24, 2.45) is 0 Å². The molecule has 2 aromatic carbocycles. The molecule has 0 aliphatic rings. The van der Waals surface area contributed by atoms with E-state index in [-0.39, 0.29) is 11.9 Å². The zero-order chi connectivity index (χ0) is 14.5. The highest BCUT2D eigenvalue weighted by molar-refractivity contribution is 6.30. The van der Waals surface area contributed by atoms with Crippen LogP contribution < -0.4 is 10.1 Å². The topological polar surface area (TPSA) is 21.3 Å². The van der Waals surface area contributed by atoms with Crippen molar-refractivity contribution in [2.45, 2.75) is 19.4 Å². The van der Waals surface area contributed by atoms with Crippen LogP contribution in [0.4, 0.5) is 10.1 Å². The van der Waals surface area contributed by atoms with Gasteiger partial charge in [0.25, 0.3) is 0 Å². The quantitative estimate of drug-likeness (QED) is 0.874. The number of halogens is 2. The van der Waals surface area contributed by atoms with Crippen molar-refractivity contribution in [3.05, 3.63) is 58.9 Å². The van der Waals surface area contributed by atoms with E-state index in [4.69, 9.17) is 16.3 Å². The van der Waals surface area contributed by atoms with Crippen LogP contribution in [-0.4, -0.2) is 13.2 Å². The molecule has 0 aliphatic heterocycles. The molecule has 4 heteroatoms. The average Bonchev–Trinajstić information content (AvgIpc) is 2.41. The molecule has 2 rings (SSSR count). The highest BCUT2D eigenvalue weighted by Crippen LogP contribution is 2.28. The molecule has 0 aromatic heterocycles. The van der Waals surface area contributed by atoms with Crippen molar-refractivity contribution in [3.63, 3.8) is 0 Å². The zero-order valence-corrected chi connectivity index (χ0v) is 12.2. The number of benzene rings is 2.